The molecule has 1 aromatic heterocycles. The van der Waals surface area contributed by atoms with Crippen molar-refractivity contribution in [3.05, 3.63) is 47.9 Å². The van der Waals surface area contributed by atoms with Crippen molar-refractivity contribution >= 4 is 17.7 Å². The molecule has 0 radical (unpaired) electrons. The monoisotopic (exact) mass is 240 g/mol. The fourth-order valence-corrected chi connectivity index (χ4v) is 1.77. The standard InChI is InChI=1S/C14H16N4/c1-10(2)13-12(8-15)14(17-9-16-13)18-11-6-4-3-5-7-11/h3-10,15H,1-2H3,(H,16,17,18). The number of rotatable bonds is 4. The second kappa shape index (κ2) is 5.40. The Morgan fingerprint density at radius 1 is 1.17 bits per heavy atom. The Kier molecular flexibility index (Phi) is 3.67. The zero-order chi connectivity index (χ0) is 13.0. The summed E-state index contributed by atoms with van der Waals surface area (Å²) in [6.07, 6.45) is 2.84. The maximum absolute atomic E-state index is 7.54. The zero-order valence-corrected chi connectivity index (χ0v) is 10.5. The lowest BCUT2D eigenvalue weighted by atomic mass is 10.1. The van der Waals surface area contributed by atoms with Crippen molar-refractivity contribution in [1.29, 1.82) is 5.41 Å². The predicted molar refractivity (Wildman–Crippen MR) is 73.7 cm³/mol. The molecule has 0 spiro atoms. The average Bonchev–Trinajstić information content (AvgIpc) is 2.39. The molecular formula is C14H16N4. The lowest BCUT2D eigenvalue weighted by Crippen LogP contribution is -2.06. The van der Waals surface area contributed by atoms with Crippen molar-refractivity contribution < 1.29 is 0 Å². The smallest absolute Gasteiger partial charge is 0.142 e. The number of para-hydroxylation sites is 1. The van der Waals surface area contributed by atoms with E-state index >= 15 is 0 Å². The van der Waals surface area contributed by atoms with Gasteiger partial charge in [0.15, 0.2) is 0 Å². The van der Waals surface area contributed by atoms with Gasteiger partial charge < -0.3 is 10.7 Å². The van der Waals surface area contributed by atoms with E-state index in [9.17, 15) is 0 Å². The second-order valence-corrected chi connectivity index (χ2v) is 4.31. The molecule has 4 nitrogen and oxygen atoms in total. The van der Waals surface area contributed by atoms with E-state index in [1.807, 2.05) is 30.3 Å². The van der Waals surface area contributed by atoms with Gasteiger partial charge >= 0.3 is 0 Å². The molecule has 0 aliphatic rings. The summed E-state index contributed by atoms with van der Waals surface area (Å²) in [4.78, 5) is 8.46. The number of nitrogens with one attached hydrogen (secondary N) is 2. The Morgan fingerprint density at radius 2 is 1.89 bits per heavy atom. The molecule has 0 saturated carbocycles. The van der Waals surface area contributed by atoms with Crippen molar-refractivity contribution in [2.24, 2.45) is 0 Å². The van der Waals surface area contributed by atoms with Crippen LogP contribution in [0.5, 0.6) is 0 Å². The summed E-state index contributed by atoms with van der Waals surface area (Å²) in [5, 5.41) is 10.8. The Morgan fingerprint density at radius 3 is 2.50 bits per heavy atom. The van der Waals surface area contributed by atoms with Crippen LogP contribution in [0.3, 0.4) is 0 Å². The minimum absolute atomic E-state index is 0.265. The highest BCUT2D eigenvalue weighted by molar-refractivity contribution is 5.87. The van der Waals surface area contributed by atoms with Crippen LogP contribution < -0.4 is 5.32 Å². The molecule has 0 atom stereocenters. The summed E-state index contributed by atoms with van der Waals surface area (Å²) in [6.45, 7) is 4.11. The van der Waals surface area contributed by atoms with Crippen LogP contribution in [0.25, 0.3) is 0 Å². The Hall–Kier alpha value is -2.23. The normalized spacial score (nSPS) is 10.4. The van der Waals surface area contributed by atoms with Gasteiger partial charge in [-0.25, -0.2) is 9.97 Å². The highest BCUT2D eigenvalue weighted by Crippen LogP contribution is 2.23. The molecule has 1 aromatic carbocycles. The number of nitrogens with zero attached hydrogens (tertiary/aromatic N) is 2. The third-order valence-corrected chi connectivity index (χ3v) is 2.64. The highest BCUT2D eigenvalue weighted by atomic mass is 15.0. The lowest BCUT2D eigenvalue weighted by Gasteiger charge is -2.13. The fourth-order valence-electron chi connectivity index (χ4n) is 1.77. The number of anilines is 2. The van der Waals surface area contributed by atoms with Crippen LogP contribution in [0.1, 0.15) is 31.0 Å². The summed E-state index contributed by atoms with van der Waals surface area (Å²) in [7, 11) is 0. The Labute approximate surface area is 107 Å². The van der Waals surface area contributed by atoms with Crippen LogP contribution in [-0.4, -0.2) is 16.2 Å². The van der Waals surface area contributed by atoms with E-state index in [1.54, 1.807) is 0 Å². The van der Waals surface area contributed by atoms with Crippen molar-refractivity contribution in [3.8, 4) is 0 Å². The maximum Gasteiger partial charge on any atom is 0.142 e. The quantitative estimate of drug-likeness (QED) is 0.806. The van der Waals surface area contributed by atoms with Gasteiger partial charge in [0, 0.05) is 11.9 Å². The predicted octanol–water partition coefficient (Wildman–Crippen LogP) is 3.34. The molecule has 4 heteroatoms. The number of hydrogen-bond acceptors (Lipinski definition) is 4. The van der Waals surface area contributed by atoms with E-state index in [1.165, 1.54) is 12.5 Å². The first kappa shape index (κ1) is 12.2. The fraction of sp³-hybridized carbons (Fsp3) is 0.214. The third kappa shape index (κ3) is 2.53. The van der Waals surface area contributed by atoms with E-state index in [0.717, 1.165) is 16.9 Å². The van der Waals surface area contributed by atoms with Gasteiger partial charge in [0.25, 0.3) is 0 Å². The van der Waals surface area contributed by atoms with E-state index < -0.39 is 0 Å². The molecular weight excluding hydrogens is 224 g/mol. The summed E-state index contributed by atoms with van der Waals surface area (Å²) in [5.41, 5.74) is 2.59. The van der Waals surface area contributed by atoms with Gasteiger partial charge in [0.1, 0.15) is 12.1 Å². The molecule has 2 aromatic rings. The van der Waals surface area contributed by atoms with Gasteiger partial charge in [0.05, 0.1) is 11.3 Å². The van der Waals surface area contributed by atoms with E-state index in [2.05, 4.69) is 29.1 Å². The minimum atomic E-state index is 0.265. The molecule has 18 heavy (non-hydrogen) atoms. The SMILES string of the molecule is CC(C)c1ncnc(Nc2ccccc2)c1C=N. The molecule has 2 rings (SSSR count). The van der Waals surface area contributed by atoms with Crippen LogP contribution in [0.15, 0.2) is 36.7 Å². The Bertz CT molecular complexity index is 535. The average molecular weight is 240 g/mol. The molecule has 0 saturated heterocycles. The van der Waals surface area contributed by atoms with Crippen molar-refractivity contribution in [2.75, 3.05) is 5.32 Å². The molecule has 1 heterocycles. The first-order valence-corrected chi connectivity index (χ1v) is 5.90. The molecule has 0 bridgehead atoms. The van der Waals surface area contributed by atoms with Gasteiger partial charge in [-0.2, -0.15) is 0 Å². The molecule has 0 aliphatic heterocycles. The number of aromatic nitrogens is 2. The van der Waals surface area contributed by atoms with Gasteiger partial charge in [-0.05, 0) is 18.1 Å². The van der Waals surface area contributed by atoms with E-state index in [0.29, 0.717) is 5.82 Å². The summed E-state index contributed by atoms with van der Waals surface area (Å²) < 4.78 is 0. The summed E-state index contributed by atoms with van der Waals surface area (Å²) >= 11 is 0. The van der Waals surface area contributed by atoms with Gasteiger partial charge in [-0.15, -0.1) is 0 Å². The van der Waals surface area contributed by atoms with Gasteiger partial charge in [0.2, 0.25) is 0 Å². The minimum Gasteiger partial charge on any atom is -0.340 e. The summed E-state index contributed by atoms with van der Waals surface area (Å²) in [5.74, 6) is 0.941. The molecule has 0 fully saturated rings. The summed E-state index contributed by atoms with van der Waals surface area (Å²) in [6, 6.07) is 9.80. The Balaban J connectivity index is 2.39. The maximum atomic E-state index is 7.54. The van der Waals surface area contributed by atoms with Crippen LogP contribution in [0.2, 0.25) is 0 Å². The first-order chi connectivity index (χ1) is 8.72. The number of benzene rings is 1. The van der Waals surface area contributed by atoms with Crippen molar-refractivity contribution in [2.45, 2.75) is 19.8 Å². The van der Waals surface area contributed by atoms with Crippen LogP contribution >= 0.6 is 0 Å². The van der Waals surface area contributed by atoms with Crippen LogP contribution in [-0.2, 0) is 0 Å². The highest BCUT2D eigenvalue weighted by Gasteiger charge is 2.12. The molecule has 0 unspecified atom stereocenters. The topological polar surface area (TPSA) is 61.7 Å². The number of hydrogen-bond donors (Lipinski definition) is 2. The van der Waals surface area contributed by atoms with E-state index in [4.69, 9.17) is 5.41 Å². The molecule has 0 aliphatic carbocycles. The van der Waals surface area contributed by atoms with Crippen molar-refractivity contribution in [1.82, 2.24) is 9.97 Å². The van der Waals surface area contributed by atoms with E-state index in [-0.39, 0.29) is 5.92 Å². The van der Waals surface area contributed by atoms with Gasteiger partial charge in [-0.3, -0.25) is 0 Å². The molecule has 2 N–H and O–H groups in total. The largest absolute Gasteiger partial charge is 0.340 e. The van der Waals surface area contributed by atoms with Crippen LogP contribution in [0.4, 0.5) is 11.5 Å². The van der Waals surface area contributed by atoms with Crippen LogP contribution in [0, 0.1) is 5.41 Å². The van der Waals surface area contributed by atoms with Crippen molar-refractivity contribution in [3.63, 3.8) is 0 Å². The van der Waals surface area contributed by atoms with Gasteiger partial charge in [-0.1, -0.05) is 32.0 Å². The zero-order valence-electron chi connectivity index (χ0n) is 10.5. The molecule has 0 amide bonds. The molecule has 92 valence electrons. The first-order valence-electron chi connectivity index (χ1n) is 5.90. The second-order valence-electron chi connectivity index (χ2n) is 4.31. The third-order valence-electron chi connectivity index (χ3n) is 2.64. The lowest BCUT2D eigenvalue weighted by molar-refractivity contribution is 0.812.